The van der Waals surface area contributed by atoms with Crippen LogP contribution in [0.2, 0.25) is 0 Å². The average molecular weight is 354 g/mol. The van der Waals surface area contributed by atoms with Gasteiger partial charge in [0.15, 0.2) is 5.82 Å². The van der Waals surface area contributed by atoms with Gasteiger partial charge in [-0.1, -0.05) is 36.0 Å². The molecule has 0 N–H and O–H groups in total. The number of hydrogen-bond acceptors (Lipinski definition) is 5. The number of benzene rings is 2. The normalized spacial score (nSPS) is 13.3. The van der Waals surface area contributed by atoms with Crippen molar-refractivity contribution in [3.63, 3.8) is 0 Å². The minimum absolute atomic E-state index is 0.252. The molecule has 0 spiro atoms. The molecule has 3 aromatic rings. The Kier molecular flexibility index (Phi) is 4.23. The van der Waals surface area contributed by atoms with Crippen molar-refractivity contribution in [2.24, 2.45) is 5.10 Å². The lowest BCUT2D eigenvalue weighted by Gasteiger charge is -2.14. The molecule has 0 aliphatic carbocycles. The molecule has 0 bridgehead atoms. The second-order valence-corrected chi connectivity index (χ2v) is 6.52. The second-order valence-electron chi connectivity index (χ2n) is 5.58. The van der Waals surface area contributed by atoms with Gasteiger partial charge in [0.2, 0.25) is 5.16 Å². The van der Waals surface area contributed by atoms with E-state index >= 15 is 0 Å². The van der Waals surface area contributed by atoms with E-state index in [1.807, 2.05) is 24.3 Å². The predicted molar refractivity (Wildman–Crippen MR) is 94.9 cm³/mol. The zero-order valence-electron chi connectivity index (χ0n) is 13.5. The molecule has 0 fully saturated rings. The summed E-state index contributed by atoms with van der Waals surface area (Å²) in [5.74, 6) is 2.02. The molecule has 4 rings (SSSR count). The Hall–Kier alpha value is -2.67. The van der Waals surface area contributed by atoms with Gasteiger partial charge in [-0.25, -0.2) is 4.39 Å². The van der Waals surface area contributed by atoms with Gasteiger partial charge in [-0.05, 0) is 35.4 Å². The van der Waals surface area contributed by atoms with E-state index in [2.05, 4.69) is 15.3 Å². The van der Waals surface area contributed by atoms with E-state index in [-0.39, 0.29) is 5.82 Å². The Morgan fingerprint density at radius 3 is 2.56 bits per heavy atom. The van der Waals surface area contributed by atoms with E-state index < -0.39 is 0 Å². The maximum Gasteiger partial charge on any atom is 0.212 e. The molecule has 0 unspecified atom stereocenters. The van der Waals surface area contributed by atoms with Crippen LogP contribution in [0, 0.1) is 5.82 Å². The van der Waals surface area contributed by atoms with Crippen LogP contribution in [0.15, 0.2) is 58.8 Å². The summed E-state index contributed by atoms with van der Waals surface area (Å²) in [4.78, 5) is 0. The lowest BCUT2D eigenvalue weighted by atomic mass is 10.1. The highest BCUT2D eigenvalue weighted by Crippen LogP contribution is 2.25. The quantitative estimate of drug-likeness (QED) is 0.721. The predicted octanol–water partition coefficient (Wildman–Crippen LogP) is 3.37. The maximum atomic E-state index is 13.1. The van der Waals surface area contributed by atoms with Crippen molar-refractivity contribution in [1.29, 1.82) is 0 Å². The largest absolute Gasteiger partial charge is 0.497 e. The topological polar surface area (TPSA) is 52.3 Å². The summed E-state index contributed by atoms with van der Waals surface area (Å²) >= 11 is 1.58. The van der Waals surface area contributed by atoms with Gasteiger partial charge in [-0.2, -0.15) is 9.78 Å². The number of rotatable bonds is 4. The summed E-state index contributed by atoms with van der Waals surface area (Å²) in [6, 6.07) is 14.2. The van der Waals surface area contributed by atoms with Crippen molar-refractivity contribution in [1.82, 2.24) is 14.9 Å². The number of nitrogens with zero attached hydrogens (tertiary/aromatic N) is 4. The molecule has 126 valence electrons. The first-order valence-electron chi connectivity index (χ1n) is 7.77. The molecule has 25 heavy (non-hydrogen) atoms. The Morgan fingerprint density at radius 1 is 1.08 bits per heavy atom. The number of thioether (sulfide) groups is 1. The number of halogens is 1. The number of fused-ring (bicyclic) bond motifs is 1. The smallest absolute Gasteiger partial charge is 0.212 e. The van der Waals surface area contributed by atoms with Crippen LogP contribution < -0.4 is 4.74 Å². The van der Waals surface area contributed by atoms with Crippen LogP contribution in [0.4, 0.5) is 4.39 Å². The summed E-state index contributed by atoms with van der Waals surface area (Å²) < 4.78 is 20.1. The zero-order chi connectivity index (χ0) is 17.2. The third-order valence-corrected chi connectivity index (χ3v) is 4.86. The molecule has 0 radical (unpaired) electrons. The molecule has 0 atom stereocenters. The van der Waals surface area contributed by atoms with Gasteiger partial charge in [-0.15, -0.1) is 10.2 Å². The fourth-order valence-electron chi connectivity index (χ4n) is 2.59. The molecular weight excluding hydrogens is 339 g/mol. The standard InChI is InChI=1S/C18H15FN4OS/c1-24-15-8-2-12(3-9-15)10-17-20-21-18-23(17)22-16(11-25-18)13-4-6-14(19)7-5-13/h2-9H,10-11H2,1H3. The highest BCUT2D eigenvalue weighted by molar-refractivity contribution is 7.99. The van der Waals surface area contributed by atoms with E-state index in [0.717, 1.165) is 33.6 Å². The number of hydrogen-bond donors (Lipinski definition) is 0. The molecule has 7 heteroatoms. The molecule has 1 aliphatic heterocycles. The monoisotopic (exact) mass is 354 g/mol. The molecule has 0 saturated carbocycles. The first kappa shape index (κ1) is 15.8. The van der Waals surface area contributed by atoms with Crippen LogP contribution in [0.5, 0.6) is 5.75 Å². The van der Waals surface area contributed by atoms with Crippen LogP contribution >= 0.6 is 11.8 Å². The SMILES string of the molecule is COc1ccc(Cc2nnc3n2N=C(c2ccc(F)cc2)CS3)cc1. The van der Waals surface area contributed by atoms with Crippen LogP contribution in [-0.2, 0) is 6.42 Å². The fourth-order valence-corrected chi connectivity index (χ4v) is 3.45. The van der Waals surface area contributed by atoms with Gasteiger partial charge in [0, 0.05) is 12.2 Å². The first-order chi connectivity index (χ1) is 12.2. The van der Waals surface area contributed by atoms with Gasteiger partial charge in [0.1, 0.15) is 11.6 Å². The lowest BCUT2D eigenvalue weighted by Crippen LogP contribution is -2.14. The third kappa shape index (κ3) is 3.28. The van der Waals surface area contributed by atoms with Gasteiger partial charge in [0.05, 0.1) is 12.8 Å². The van der Waals surface area contributed by atoms with E-state index in [4.69, 9.17) is 4.74 Å². The maximum absolute atomic E-state index is 13.1. The molecule has 1 aliphatic rings. The van der Waals surface area contributed by atoms with E-state index in [0.29, 0.717) is 12.2 Å². The summed E-state index contributed by atoms with van der Waals surface area (Å²) in [5, 5.41) is 13.9. The Bertz CT molecular complexity index is 919. The van der Waals surface area contributed by atoms with E-state index in [1.54, 1.807) is 35.7 Å². The summed E-state index contributed by atoms with van der Waals surface area (Å²) in [6.45, 7) is 0. The summed E-state index contributed by atoms with van der Waals surface area (Å²) in [7, 11) is 1.65. The Balaban J connectivity index is 1.63. The molecule has 0 saturated heterocycles. The molecule has 0 amide bonds. The van der Waals surface area contributed by atoms with Crippen molar-refractivity contribution < 1.29 is 9.13 Å². The van der Waals surface area contributed by atoms with Crippen molar-refractivity contribution in [3.05, 3.63) is 71.3 Å². The number of aromatic nitrogens is 3. The zero-order valence-corrected chi connectivity index (χ0v) is 14.3. The average Bonchev–Trinajstić information content (AvgIpc) is 3.05. The lowest BCUT2D eigenvalue weighted by molar-refractivity contribution is 0.414. The minimum Gasteiger partial charge on any atom is -0.497 e. The van der Waals surface area contributed by atoms with Gasteiger partial charge in [-0.3, -0.25) is 0 Å². The minimum atomic E-state index is -0.252. The molecule has 2 aromatic carbocycles. The van der Waals surface area contributed by atoms with Crippen molar-refractivity contribution in [2.45, 2.75) is 11.6 Å². The summed E-state index contributed by atoms with van der Waals surface area (Å²) in [5.41, 5.74) is 2.89. The molecular formula is C18H15FN4OS. The molecule has 1 aromatic heterocycles. The third-order valence-electron chi connectivity index (χ3n) is 3.93. The van der Waals surface area contributed by atoms with Crippen molar-refractivity contribution in [3.8, 4) is 5.75 Å². The first-order valence-corrected chi connectivity index (χ1v) is 8.75. The van der Waals surface area contributed by atoms with Crippen LogP contribution in [0.25, 0.3) is 0 Å². The highest BCUT2D eigenvalue weighted by Gasteiger charge is 2.20. The number of ether oxygens (including phenoxy) is 1. The second kappa shape index (κ2) is 6.68. The van der Waals surface area contributed by atoms with Gasteiger partial charge >= 0.3 is 0 Å². The van der Waals surface area contributed by atoms with Crippen LogP contribution in [0.1, 0.15) is 17.0 Å². The molecule has 2 heterocycles. The van der Waals surface area contributed by atoms with Gasteiger partial charge in [0.25, 0.3) is 0 Å². The van der Waals surface area contributed by atoms with E-state index in [1.165, 1.54) is 12.1 Å². The van der Waals surface area contributed by atoms with Crippen LogP contribution in [0.3, 0.4) is 0 Å². The highest BCUT2D eigenvalue weighted by atomic mass is 32.2. The fraction of sp³-hybridized carbons (Fsp3) is 0.167. The van der Waals surface area contributed by atoms with Gasteiger partial charge < -0.3 is 4.74 Å². The Labute approximate surface area is 148 Å². The molecule has 5 nitrogen and oxygen atoms in total. The van der Waals surface area contributed by atoms with E-state index in [9.17, 15) is 4.39 Å². The Morgan fingerprint density at radius 2 is 1.84 bits per heavy atom. The number of methoxy groups -OCH3 is 1. The van der Waals surface area contributed by atoms with Crippen molar-refractivity contribution >= 4 is 17.5 Å². The summed E-state index contributed by atoms with van der Waals surface area (Å²) in [6.07, 6.45) is 0.623. The van der Waals surface area contributed by atoms with Crippen LogP contribution in [-0.4, -0.2) is 33.4 Å². The van der Waals surface area contributed by atoms with Crippen molar-refractivity contribution in [2.75, 3.05) is 12.9 Å².